The summed E-state index contributed by atoms with van der Waals surface area (Å²) in [5.74, 6) is -0.220. The van der Waals surface area contributed by atoms with E-state index in [0.717, 1.165) is 103 Å². The van der Waals surface area contributed by atoms with Gasteiger partial charge in [0.2, 0.25) is 5.91 Å². The molecule has 1 rings (SSSR count). The topological polar surface area (TPSA) is 149 Å². The molecular weight excluding hydrogens is 935 g/mol. The Morgan fingerprint density at radius 2 is 0.840 bits per heavy atom. The van der Waals surface area contributed by atoms with E-state index in [0.29, 0.717) is 19.3 Å². The first-order valence-corrected chi connectivity index (χ1v) is 29.9. The van der Waals surface area contributed by atoms with Gasteiger partial charge in [-0.15, -0.1) is 0 Å². The average Bonchev–Trinajstić information content (AvgIpc) is 3.41. The summed E-state index contributed by atoms with van der Waals surface area (Å²) in [7, 11) is 0. The predicted molar refractivity (Wildman–Crippen MR) is 317 cm³/mol. The van der Waals surface area contributed by atoms with Crippen molar-refractivity contribution in [2.45, 2.75) is 262 Å². The highest BCUT2D eigenvalue weighted by Crippen LogP contribution is 2.23. The maximum absolute atomic E-state index is 13.1. The lowest BCUT2D eigenvalue weighted by Crippen LogP contribution is -2.60. The van der Waals surface area contributed by atoms with Crippen LogP contribution in [0.15, 0.2) is 134 Å². The highest BCUT2D eigenvalue weighted by Gasteiger charge is 2.44. The lowest BCUT2D eigenvalue weighted by atomic mass is 9.99. The molecule has 0 aliphatic carbocycles. The van der Waals surface area contributed by atoms with E-state index in [9.17, 15) is 30.3 Å². The van der Waals surface area contributed by atoms with Crippen molar-refractivity contribution in [1.82, 2.24) is 5.32 Å². The summed E-state index contributed by atoms with van der Waals surface area (Å²) >= 11 is 0. The third kappa shape index (κ3) is 43.1. The lowest BCUT2D eigenvalue weighted by Gasteiger charge is -2.40. The van der Waals surface area contributed by atoms with Crippen molar-refractivity contribution in [3.8, 4) is 0 Å². The zero-order valence-corrected chi connectivity index (χ0v) is 47.2. The number of rotatable bonds is 49. The number of ether oxygens (including phenoxy) is 2. The predicted octanol–water partition coefficient (Wildman–Crippen LogP) is 15.3. The highest BCUT2D eigenvalue weighted by atomic mass is 16.7. The van der Waals surface area contributed by atoms with Crippen LogP contribution in [0.4, 0.5) is 0 Å². The third-order valence-corrected chi connectivity index (χ3v) is 13.2. The van der Waals surface area contributed by atoms with Crippen LogP contribution < -0.4 is 5.32 Å². The van der Waals surface area contributed by atoms with Gasteiger partial charge in [-0.05, 0) is 109 Å². The molecule has 7 atom stereocenters. The average molecular weight is 1040 g/mol. The molecule has 0 aromatic rings. The zero-order chi connectivity index (χ0) is 54.3. The van der Waals surface area contributed by atoms with Gasteiger partial charge in [0.1, 0.15) is 24.4 Å². The van der Waals surface area contributed by atoms with Crippen molar-refractivity contribution in [2.75, 3.05) is 13.2 Å². The van der Waals surface area contributed by atoms with Crippen molar-refractivity contribution in [3.63, 3.8) is 0 Å². The molecule has 7 unspecified atom stereocenters. The van der Waals surface area contributed by atoms with Crippen LogP contribution >= 0.6 is 0 Å². The van der Waals surface area contributed by atoms with Crippen LogP contribution in [0.5, 0.6) is 0 Å². The van der Waals surface area contributed by atoms with Gasteiger partial charge in [-0.1, -0.05) is 237 Å². The van der Waals surface area contributed by atoms with Crippen LogP contribution in [0.1, 0.15) is 219 Å². The van der Waals surface area contributed by atoms with Crippen molar-refractivity contribution >= 4 is 5.91 Å². The highest BCUT2D eigenvalue weighted by molar-refractivity contribution is 5.76. The van der Waals surface area contributed by atoms with E-state index in [1.165, 1.54) is 83.5 Å². The van der Waals surface area contributed by atoms with Crippen LogP contribution in [-0.2, 0) is 14.3 Å². The smallest absolute Gasteiger partial charge is 0.220 e. The Bertz CT molecular complexity index is 1640. The Morgan fingerprint density at radius 1 is 0.467 bits per heavy atom. The Hall–Kier alpha value is -3.67. The first-order chi connectivity index (χ1) is 36.8. The third-order valence-electron chi connectivity index (χ3n) is 13.2. The van der Waals surface area contributed by atoms with Crippen molar-refractivity contribution in [1.29, 1.82) is 0 Å². The Balaban J connectivity index is 2.31. The summed E-state index contributed by atoms with van der Waals surface area (Å²) in [4.78, 5) is 13.1. The quantitative estimate of drug-likeness (QED) is 0.0261. The molecule has 9 heteroatoms. The van der Waals surface area contributed by atoms with Crippen molar-refractivity contribution in [2.24, 2.45) is 0 Å². The summed E-state index contributed by atoms with van der Waals surface area (Å²) < 4.78 is 11.2. The molecule has 0 bridgehead atoms. The van der Waals surface area contributed by atoms with E-state index in [4.69, 9.17) is 9.47 Å². The summed E-state index contributed by atoms with van der Waals surface area (Å²) in [6.45, 7) is 3.62. The molecule has 0 aromatic carbocycles. The number of unbranched alkanes of at least 4 members (excludes halogenated alkanes) is 19. The van der Waals surface area contributed by atoms with E-state index in [1.54, 1.807) is 6.08 Å². The van der Waals surface area contributed by atoms with E-state index < -0.39 is 49.5 Å². The molecule has 0 saturated carbocycles. The normalized spacial score (nSPS) is 19.9. The number of aliphatic hydroxyl groups is 5. The van der Waals surface area contributed by atoms with Gasteiger partial charge in [0.25, 0.3) is 0 Å². The summed E-state index contributed by atoms with van der Waals surface area (Å²) in [5, 5.41) is 54.5. The Labute approximate surface area is 458 Å². The maximum Gasteiger partial charge on any atom is 0.220 e. The number of aliphatic hydroxyl groups excluding tert-OH is 5. The number of carbonyl (C=O) groups excluding carboxylic acids is 1. The molecule has 1 saturated heterocycles. The number of amides is 1. The first-order valence-electron chi connectivity index (χ1n) is 29.9. The van der Waals surface area contributed by atoms with E-state index in [2.05, 4.69) is 141 Å². The summed E-state index contributed by atoms with van der Waals surface area (Å²) in [5.41, 5.74) is 0. The van der Waals surface area contributed by atoms with Crippen molar-refractivity contribution < 1.29 is 39.8 Å². The van der Waals surface area contributed by atoms with Gasteiger partial charge in [0.05, 0.1) is 25.4 Å². The maximum atomic E-state index is 13.1. The molecule has 0 spiro atoms. The molecule has 9 nitrogen and oxygen atoms in total. The molecule has 1 aliphatic rings. The second-order valence-corrected chi connectivity index (χ2v) is 20.0. The van der Waals surface area contributed by atoms with Gasteiger partial charge >= 0.3 is 0 Å². The molecule has 75 heavy (non-hydrogen) atoms. The van der Waals surface area contributed by atoms with Crippen LogP contribution in [-0.4, -0.2) is 87.5 Å². The molecule has 1 amide bonds. The largest absolute Gasteiger partial charge is 0.394 e. The zero-order valence-electron chi connectivity index (χ0n) is 47.2. The number of carbonyl (C=O) groups is 1. The second-order valence-electron chi connectivity index (χ2n) is 20.0. The summed E-state index contributed by atoms with van der Waals surface area (Å²) in [6, 6.07) is -0.854. The monoisotopic (exact) mass is 1040 g/mol. The van der Waals surface area contributed by atoms with Crippen LogP contribution in [0, 0.1) is 0 Å². The molecule has 0 radical (unpaired) electrons. The standard InChI is InChI=1S/C66H109NO8/c1-3-5-7-9-11-13-15-17-19-21-23-25-27-28-29-30-31-32-34-36-38-40-42-44-46-48-50-52-54-56-62(70)67-59(58-74-66-65(73)64(72)63(71)61(57-68)75-66)60(69)55-53-51-49-47-45-43-41-39-37-35-33-26-24-22-20-18-16-14-12-10-8-6-4-2/h5,7,11,13,17,19,23,25,28-29,31-32,36-39,42,44-45,47,53,55,59-61,63-66,68-69,71-73H,3-4,6,8-10,12,14-16,18,20-22,24,26-27,30,33-35,40-41,43,46,48-52,54,56-58H2,1-2H3,(H,67,70)/b7-5-,13-11-,19-17-,25-23-,29-28-,32-31-,38-36-,39-37+,44-42-,47-45+,55-53+. The second kappa shape index (κ2) is 53.7. The van der Waals surface area contributed by atoms with Gasteiger partial charge in [0.15, 0.2) is 6.29 Å². The lowest BCUT2D eigenvalue weighted by molar-refractivity contribution is -0.302. The fourth-order valence-electron chi connectivity index (χ4n) is 8.50. The molecule has 6 N–H and O–H groups in total. The SMILES string of the molecule is CC/C=C\C/C=C\C/C=C\C/C=C\C/C=C\C/C=C\C/C=C\C/C=C\CCCCCCC(=O)NC(COC1OC(CO)C(O)C(O)C1O)C(O)/C=C/CC/C=C/CC/C=C/CCCCCCCCCCCCCCC. The number of hydrogen-bond donors (Lipinski definition) is 6. The fraction of sp³-hybridized carbons (Fsp3) is 0.652. The number of nitrogens with one attached hydrogen (secondary N) is 1. The molecule has 1 fully saturated rings. The van der Waals surface area contributed by atoms with Crippen LogP contribution in [0.25, 0.3) is 0 Å². The molecular formula is C66H109NO8. The number of hydrogen-bond acceptors (Lipinski definition) is 8. The van der Waals surface area contributed by atoms with Crippen LogP contribution in [0.3, 0.4) is 0 Å². The Morgan fingerprint density at radius 3 is 1.28 bits per heavy atom. The minimum atomic E-state index is -1.59. The van der Waals surface area contributed by atoms with E-state index in [-0.39, 0.29) is 12.5 Å². The fourth-order valence-corrected chi connectivity index (χ4v) is 8.50. The van der Waals surface area contributed by atoms with Gasteiger partial charge < -0.3 is 40.3 Å². The first kappa shape index (κ1) is 69.3. The minimum absolute atomic E-state index is 0.220. The Kier molecular flexibility index (Phi) is 49.7. The van der Waals surface area contributed by atoms with Crippen molar-refractivity contribution in [3.05, 3.63) is 134 Å². The molecule has 1 heterocycles. The van der Waals surface area contributed by atoms with Crippen LogP contribution in [0.2, 0.25) is 0 Å². The van der Waals surface area contributed by atoms with Gasteiger partial charge in [-0.25, -0.2) is 0 Å². The summed E-state index contributed by atoms with van der Waals surface area (Å²) in [6.07, 6.45) is 75.1. The van der Waals surface area contributed by atoms with Gasteiger partial charge in [0, 0.05) is 6.42 Å². The molecule has 0 aromatic heterocycles. The molecule has 1 aliphatic heterocycles. The number of allylic oxidation sites excluding steroid dienone is 21. The van der Waals surface area contributed by atoms with E-state index >= 15 is 0 Å². The van der Waals surface area contributed by atoms with E-state index in [1.807, 2.05) is 6.08 Å². The molecule has 426 valence electrons. The van der Waals surface area contributed by atoms with Gasteiger partial charge in [-0.3, -0.25) is 4.79 Å². The minimum Gasteiger partial charge on any atom is -0.394 e. The van der Waals surface area contributed by atoms with Gasteiger partial charge in [-0.2, -0.15) is 0 Å².